The lowest BCUT2D eigenvalue weighted by Gasteiger charge is -2.31. The predicted octanol–water partition coefficient (Wildman–Crippen LogP) is 3.23. The van der Waals surface area contributed by atoms with Crippen molar-refractivity contribution in [2.45, 2.75) is 18.8 Å². The fraction of sp³-hybridized carbons (Fsp3) is 0.222. The van der Waals surface area contributed by atoms with E-state index in [0.717, 1.165) is 18.4 Å². The predicted molar refractivity (Wildman–Crippen MR) is 80.9 cm³/mol. The first-order valence-electron chi connectivity index (χ1n) is 7.23. The van der Waals surface area contributed by atoms with E-state index in [-0.39, 0.29) is 17.7 Å². The minimum atomic E-state index is -0.201. The summed E-state index contributed by atoms with van der Waals surface area (Å²) in [5.74, 6) is -0.477. The molecule has 1 aliphatic heterocycles. The Bertz CT molecular complexity index is 637. The number of piperidine rings is 1. The van der Waals surface area contributed by atoms with Gasteiger partial charge in [-0.1, -0.05) is 48.5 Å². The Morgan fingerprint density at radius 3 is 2.24 bits per heavy atom. The summed E-state index contributed by atoms with van der Waals surface area (Å²) in [6, 6.07) is 18.7. The monoisotopic (exact) mass is 279 g/mol. The minimum absolute atomic E-state index is 0.0821. The summed E-state index contributed by atoms with van der Waals surface area (Å²) in [7, 11) is 0. The normalized spacial score (nSPS) is 18.6. The largest absolute Gasteiger partial charge is 0.278 e. The van der Waals surface area contributed by atoms with Gasteiger partial charge in [-0.05, 0) is 30.5 Å². The average molecular weight is 279 g/mol. The van der Waals surface area contributed by atoms with Crippen LogP contribution >= 0.6 is 0 Å². The summed E-state index contributed by atoms with van der Waals surface area (Å²) < 4.78 is 0. The molecule has 0 aliphatic carbocycles. The lowest BCUT2D eigenvalue weighted by Crippen LogP contribution is -2.44. The lowest BCUT2D eigenvalue weighted by atomic mass is 9.89. The zero-order valence-corrected chi connectivity index (χ0v) is 11.7. The molecule has 1 fully saturated rings. The molecule has 3 heteroatoms. The first-order chi connectivity index (χ1) is 10.3. The molecule has 0 aromatic heterocycles. The zero-order valence-electron chi connectivity index (χ0n) is 11.7. The second-order valence-corrected chi connectivity index (χ2v) is 5.27. The van der Waals surface area contributed by atoms with E-state index in [1.165, 1.54) is 4.90 Å². The standard InChI is InChI=1S/C18H17NO2/c20-17(15-10-5-2-6-11-15)19-13-7-12-16(18(19)21)14-8-3-1-4-9-14/h1-6,8-11,16H,7,12-13H2/t16-/m1/s1. The maximum absolute atomic E-state index is 12.6. The van der Waals surface area contributed by atoms with Crippen molar-refractivity contribution in [2.24, 2.45) is 0 Å². The average Bonchev–Trinajstić information content (AvgIpc) is 2.56. The van der Waals surface area contributed by atoms with Crippen molar-refractivity contribution in [3.8, 4) is 0 Å². The van der Waals surface area contributed by atoms with Gasteiger partial charge in [-0.3, -0.25) is 14.5 Å². The van der Waals surface area contributed by atoms with Crippen LogP contribution in [0.1, 0.15) is 34.7 Å². The third-order valence-electron chi connectivity index (χ3n) is 3.91. The van der Waals surface area contributed by atoms with Gasteiger partial charge in [0.2, 0.25) is 5.91 Å². The van der Waals surface area contributed by atoms with Crippen LogP contribution in [0, 0.1) is 0 Å². The Morgan fingerprint density at radius 2 is 1.57 bits per heavy atom. The van der Waals surface area contributed by atoms with Crippen LogP contribution in [0.5, 0.6) is 0 Å². The van der Waals surface area contributed by atoms with Crippen LogP contribution in [0.3, 0.4) is 0 Å². The number of rotatable bonds is 2. The molecule has 0 saturated carbocycles. The maximum atomic E-state index is 12.6. The molecule has 106 valence electrons. The van der Waals surface area contributed by atoms with Crippen molar-refractivity contribution in [1.82, 2.24) is 4.90 Å². The zero-order chi connectivity index (χ0) is 14.7. The Morgan fingerprint density at radius 1 is 0.952 bits per heavy atom. The maximum Gasteiger partial charge on any atom is 0.260 e. The lowest BCUT2D eigenvalue weighted by molar-refractivity contribution is -0.132. The Balaban J connectivity index is 1.84. The summed E-state index contributed by atoms with van der Waals surface area (Å²) in [5.41, 5.74) is 1.56. The number of carbonyl (C=O) groups is 2. The second kappa shape index (κ2) is 5.92. The van der Waals surface area contributed by atoms with Crippen molar-refractivity contribution in [3.63, 3.8) is 0 Å². The smallest absolute Gasteiger partial charge is 0.260 e. The van der Waals surface area contributed by atoms with Crippen molar-refractivity contribution in [2.75, 3.05) is 6.54 Å². The van der Waals surface area contributed by atoms with Gasteiger partial charge in [0.25, 0.3) is 5.91 Å². The SMILES string of the molecule is O=C(c1ccccc1)N1CCC[C@H](c2ccccc2)C1=O. The van der Waals surface area contributed by atoms with Crippen LogP contribution in [0.4, 0.5) is 0 Å². The topological polar surface area (TPSA) is 37.4 Å². The summed E-state index contributed by atoms with van der Waals surface area (Å²) >= 11 is 0. The first-order valence-corrected chi connectivity index (χ1v) is 7.23. The molecule has 2 amide bonds. The molecule has 1 heterocycles. The van der Waals surface area contributed by atoms with E-state index in [1.807, 2.05) is 48.5 Å². The molecule has 1 atom stereocenters. The van der Waals surface area contributed by atoms with Crippen LogP contribution in [-0.2, 0) is 4.79 Å². The Kier molecular flexibility index (Phi) is 3.82. The molecule has 0 unspecified atom stereocenters. The van der Waals surface area contributed by atoms with Crippen molar-refractivity contribution in [1.29, 1.82) is 0 Å². The van der Waals surface area contributed by atoms with Crippen LogP contribution in [0.2, 0.25) is 0 Å². The molecule has 0 spiro atoms. The van der Waals surface area contributed by atoms with Gasteiger partial charge >= 0.3 is 0 Å². The van der Waals surface area contributed by atoms with E-state index < -0.39 is 0 Å². The first kappa shape index (κ1) is 13.6. The van der Waals surface area contributed by atoms with E-state index in [0.29, 0.717) is 12.1 Å². The van der Waals surface area contributed by atoms with E-state index in [4.69, 9.17) is 0 Å². The van der Waals surface area contributed by atoms with Gasteiger partial charge < -0.3 is 0 Å². The number of nitrogens with zero attached hydrogens (tertiary/aromatic N) is 1. The Labute approximate surface area is 124 Å². The quantitative estimate of drug-likeness (QED) is 0.791. The van der Waals surface area contributed by atoms with E-state index in [1.54, 1.807) is 12.1 Å². The fourth-order valence-corrected chi connectivity index (χ4v) is 2.81. The molecule has 21 heavy (non-hydrogen) atoms. The molecule has 2 aromatic carbocycles. The van der Waals surface area contributed by atoms with Crippen LogP contribution in [0.25, 0.3) is 0 Å². The number of amides is 2. The number of hydrogen-bond donors (Lipinski definition) is 0. The molecule has 0 bridgehead atoms. The highest BCUT2D eigenvalue weighted by molar-refractivity contribution is 6.06. The molecule has 3 rings (SSSR count). The number of likely N-dealkylation sites (tertiary alicyclic amines) is 1. The third-order valence-corrected chi connectivity index (χ3v) is 3.91. The Hall–Kier alpha value is -2.42. The number of imide groups is 1. The van der Waals surface area contributed by atoms with Crippen molar-refractivity contribution in [3.05, 3.63) is 71.8 Å². The van der Waals surface area contributed by atoms with Gasteiger partial charge in [0.05, 0.1) is 5.92 Å². The number of hydrogen-bond acceptors (Lipinski definition) is 2. The van der Waals surface area contributed by atoms with Gasteiger partial charge in [0.1, 0.15) is 0 Å². The summed E-state index contributed by atoms with van der Waals surface area (Å²) in [6.45, 7) is 0.510. The molecule has 0 N–H and O–H groups in total. The highest BCUT2D eigenvalue weighted by Crippen LogP contribution is 2.28. The van der Waals surface area contributed by atoms with Gasteiger partial charge in [0.15, 0.2) is 0 Å². The second-order valence-electron chi connectivity index (χ2n) is 5.27. The highest BCUT2D eigenvalue weighted by atomic mass is 16.2. The van der Waals surface area contributed by atoms with E-state index in [2.05, 4.69) is 0 Å². The summed E-state index contributed by atoms with van der Waals surface area (Å²) in [4.78, 5) is 26.5. The van der Waals surface area contributed by atoms with Crippen LogP contribution in [-0.4, -0.2) is 23.3 Å². The van der Waals surface area contributed by atoms with E-state index >= 15 is 0 Å². The number of benzene rings is 2. The molecular weight excluding hydrogens is 262 g/mol. The molecular formula is C18H17NO2. The van der Waals surface area contributed by atoms with Crippen LogP contribution < -0.4 is 0 Å². The van der Waals surface area contributed by atoms with Crippen LogP contribution in [0.15, 0.2) is 60.7 Å². The molecule has 3 nitrogen and oxygen atoms in total. The van der Waals surface area contributed by atoms with Gasteiger partial charge in [-0.15, -0.1) is 0 Å². The van der Waals surface area contributed by atoms with Crippen molar-refractivity contribution < 1.29 is 9.59 Å². The fourth-order valence-electron chi connectivity index (χ4n) is 2.81. The van der Waals surface area contributed by atoms with Gasteiger partial charge in [0, 0.05) is 12.1 Å². The van der Waals surface area contributed by atoms with Gasteiger partial charge in [-0.25, -0.2) is 0 Å². The van der Waals surface area contributed by atoms with E-state index in [9.17, 15) is 9.59 Å². The number of carbonyl (C=O) groups excluding carboxylic acids is 2. The molecule has 2 aromatic rings. The molecule has 0 radical (unpaired) electrons. The summed E-state index contributed by atoms with van der Waals surface area (Å²) in [6.07, 6.45) is 1.66. The minimum Gasteiger partial charge on any atom is -0.278 e. The summed E-state index contributed by atoms with van der Waals surface area (Å²) in [5, 5.41) is 0. The van der Waals surface area contributed by atoms with Crippen molar-refractivity contribution >= 4 is 11.8 Å². The van der Waals surface area contributed by atoms with Gasteiger partial charge in [-0.2, -0.15) is 0 Å². The third kappa shape index (κ3) is 2.72. The molecule has 1 aliphatic rings. The highest BCUT2D eigenvalue weighted by Gasteiger charge is 2.33. The molecule has 1 saturated heterocycles.